The molecule has 7 nitrogen and oxygen atoms in total. The fraction of sp³-hybridized carbons (Fsp3) is 0.474. The van der Waals surface area contributed by atoms with Crippen LogP contribution in [-0.2, 0) is 10.0 Å². The van der Waals surface area contributed by atoms with Crippen LogP contribution in [0.15, 0.2) is 35.2 Å². The second kappa shape index (κ2) is 7.85. The van der Waals surface area contributed by atoms with Crippen LogP contribution in [0.4, 0.5) is 11.8 Å². The molecule has 2 aliphatic rings. The molecule has 0 saturated carbocycles. The fourth-order valence-electron chi connectivity index (χ4n) is 3.67. The molecule has 9 heteroatoms. The van der Waals surface area contributed by atoms with E-state index >= 15 is 0 Å². The summed E-state index contributed by atoms with van der Waals surface area (Å²) in [6.45, 7) is 5.98. The Balaban J connectivity index is 1.47. The van der Waals surface area contributed by atoms with Gasteiger partial charge in [0, 0.05) is 56.1 Å². The summed E-state index contributed by atoms with van der Waals surface area (Å²) in [6, 6.07) is 8.33. The van der Waals surface area contributed by atoms with E-state index in [1.165, 1.54) is 17.1 Å². The normalized spacial score (nSPS) is 18.6. The maximum atomic E-state index is 12.9. The van der Waals surface area contributed by atoms with Gasteiger partial charge in [0.1, 0.15) is 5.82 Å². The molecule has 2 fully saturated rings. The highest BCUT2D eigenvalue weighted by Crippen LogP contribution is 2.24. The third kappa shape index (κ3) is 3.94. The first-order valence-corrected chi connectivity index (χ1v) is 11.4. The zero-order valence-electron chi connectivity index (χ0n) is 15.9. The van der Waals surface area contributed by atoms with E-state index in [1.54, 1.807) is 24.3 Å². The third-order valence-electron chi connectivity index (χ3n) is 5.23. The van der Waals surface area contributed by atoms with E-state index in [2.05, 4.69) is 14.8 Å². The molecule has 150 valence electrons. The minimum Gasteiger partial charge on any atom is -0.356 e. The van der Waals surface area contributed by atoms with Gasteiger partial charge in [0.25, 0.3) is 0 Å². The Bertz CT molecular complexity index is 937. The molecule has 3 heterocycles. The van der Waals surface area contributed by atoms with Gasteiger partial charge in [0.05, 0.1) is 4.90 Å². The van der Waals surface area contributed by atoms with Crippen molar-refractivity contribution in [1.82, 2.24) is 14.3 Å². The molecular weight excluding hydrogens is 398 g/mol. The minimum atomic E-state index is -3.51. The van der Waals surface area contributed by atoms with E-state index in [0.717, 1.165) is 24.6 Å². The molecule has 0 N–H and O–H groups in total. The predicted octanol–water partition coefficient (Wildman–Crippen LogP) is 2.55. The number of halogens is 1. The van der Waals surface area contributed by atoms with Gasteiger partial charge in [-0.15, -0.1) is 0 Å². The minimum absolute atomic E-state index is 0.272. The van der Waals surface area contributed by atoms with Gasteiger partial charge in [-0.3, -0.25) is 0 Å². The quantitative estimate of drug-likeness (QED) is 0.755. The van der Waals surface area contributed by atoms with Crippen molar-refractivity contribution >= 4 is 33.4 Å². The van der Waals surface area contributed by atoms with Crippen LogP contribution in [0.5, 0.6) is 0 Å². The van der Waals surface area contributed by atoms with Crippen LogP contribution in [-0.4, -0.2) is 62.0 Å². The van der Waals surface area contributed by atoms with E-state index in [9.17, 15) is 8.42 Å². The van der Waals surface area contributed by atoms with Gasteiger partial charge >= 0.3 is 0 Å². The molecule has 4 rings (SSSR count). The standard InChI is InChI=1S/C19H24ClN5O2S/c1-15-14-18(23-8-2-3-9-23)22-19(21-15)24-10-12-25(13-11-24)28(26,27)17-6-4-16(20)5-7-17/h4-7,14H,2-3,8-13H2,1H3. The van der Waals surface area contributed by atoms with E-state index in [-0.39, 0.29) is 4.90 Å². The molecule has 0 atom stereocenters. The Hall–Kier alpha value is -1.90. The third-order valence-corrected chi connectivity index (χ3v) is 7.40. The van der Waals surface area contributed by atoms with Crippen LogP contribution in [0.1, 0.15) is 18.5 Å². The lowest BCUT2D eigenvalue weighted by atomic mass is 10.3. The molecule has 2 saturated heterocycles. The summed E-state index contributed by atoms with van der Waals surface area (Å²) in [7, 11) is -3.51. The second-order valence-corrected chi connectivity index (χ2v) is 9.58. The molecule has 2 aromatic rings. The van der Waals surface area contributed by atoms with Crippen molar-refractivity contribution in [2.75, 3.05) is 49.1 Å². The van der Waals surface area contributed by atoms with Crippen molar-refractivity contribution in [1.29, 1.82) is 0 Å². The number of hydrogen-bond acceptors (Lipinski definition) is 6. The number of nitrogens with zero attached hydrogens (tertiary/aromatic N) is 5. The van der Waals surface area contributed by atoms with Crippen molar-refractivity contribution in [3.63, 3.8) is 0 Å². The molecule has 0 amide bonds. The highest BCUT2D eigenvalue weighted by atomic mass is 35.5. The zero-order chi connectivity index (χ0) is 19.7. The number of hydrogen-bond donors (Lipinski definition) is 0. The largest absolute Gasteiger partial charge is 0.356 e. The van der Waals surface area contributed by atoms with Gasteiger partial charge in [0.15, 0.2) is 0 Å². The van der Waals surface area contributed by atoms with Crippen LogP contribution in [0.3, 0.4) is 0 Å². The SMILES string of the molecule is Cc1cc(N2CCCC2)nc(N2CCN(S(=O)(=O)c3ccc(Cl)cc3)CC2)n1. The first kappa shape index (κ1) is 19.4. The second-order valence-electron chi connectivity index (χ2n) is 7.21. The molecule has 0 spiro atoms. The summed E-state index contributed by atoms with van der Waals surface area (Å²) < 4.78 is 27.2. The molecule has 2 aliphatic heterocycles. The zero-order valence-corrected chi connectivity index (χ0v) is 17.5. The summed E-state index contributed by atoms with van der Waals surface area (Å²) >= 11 is 5.87. The van der Waals surface area contributed by atoms with Gasteiger partial charge in [-0.1, -0.05) is 11.6 Å². The first-order chi connectivity index (χ1) is 13.4. The molecule has 0 bridgehead atoms. The van der Waals surface area contributed by atoms with Gasteiger partial charge in [-0.2, -0.15) is 9.29 Å². The monoisotopic (exact) mass is 421 g/mol. The van der Waals surface area contributed by atoms with Gasteiger partial charge in [0.2, 0.25) is 16.0 Å². The molecule has 0 unspecified atom stereocenters. The fourth-order valence-corrected chi connectivity index (χ4v) is 5.22. The Labute approximate surface area is 171 Å². The van der Waals surface area contributed by atoms with Crippen LogP contribution in [0, 0.1) is 6.92 Å². The molecule has 0 aliphatic carbocycles. The average Bonchev–Trinajstić information content (AvgIpc) is 3.23. The number of sulfonamides is 1. The van der Waals surface area contributed by atoms with Crippen molar-refractivity contribution in [3.8, 4) is 0 Å². The Morgan fingerprint density at radius 2 is 1.54 bits per heavy atom. The summed E-state index contributed by atoms with van der Waals surface area (Å²) in [5.41, 5.74) is 0.933. The maximum Gasteiger partial charge on any atom is 0.243 e. The van der Waals surface area contributed by atoms with Crippen LogP contribution < -0.4 is 9.80 Å². The summed E-state index contributed by atoms with van der Waals surface area (Å²) in [6.07, 6.45) is 2.39. The number of aryl methyl sites for hydroxylation is 1. The van der Waals surface area contributed by atoms with Crippen molar-refractivity contribution in [3.05, 3.63) is 41.0 Å². The van der Waals surface area contributed by atoms with E-state index < -0.39 is 10.0 Å². The van der Waals surface area contributed by atoms with Gasteiger partial charge in [-0.05, 0) is 44.0 Å². The average molecular weight is 422 g/mol. The summed E-state index contributed by atoms with van der Waals surface area (Å²) in [4.78, 5) is 14.0. The molecule has 1 aromatic heterocycles. The first-order valence-electron chi connectivity index (χ1n) is 9.55. The van der Waals surface area contributed by atoms with E-state index in [4.69, 9.17) is 16.6 Å². The van der Waals surface area contributed by atoms with Gasteiger partial charge < -0.3 is 9.80 Å². The topological polar surface area (TPSA) is 69.6 Å². The number of piperazine rings is 1. The molecule has 28 heavy (non-hydrogen) atoms. The summed E-state index contributed by atoms with van der Waals surface area (Å²) in [5, 5.41) is 0.522. The van der Waals surface area contributed by atoms with Crippen LogP contribution >= 0.6 is 11.6 Å². The van der Waals surface area contributed by atoms with Crippen LogP contribution in [0.25, 0.3) is 0 Å². The van der Waals surface area contributed by atoms with Crippen molar-refractivity contribution < 1.29 is 8.42 Å². The van der Waals surface area contributed by atoms with E-state index in [0.29, 0.717) is 37.1 Å². The van der Waals surface area contributed by atoms with Crippen molar-refractivity contribution in [2.24, 2.45) is 0 Å². The summed E-state index contributed by atoms with van der Waals surface area (Å²) in [5.74, 6) is 1.65. The number of rotatable bonds is 4. The Morgan fingerprint density at radius 1 is 0.893 bits per heavy atom. The lowest BCUT2D eigenvalue weighted by Crippen LogP contribution is -2.49. The smallest absolute Gasteiger partial charge is 0.243 e. The number of anilines is 2. The lowest BCUT2D eigenvalue weighted by Gasteiger charge is -2.34. The van der Waals surface area contributed by atoms with Crippen LogP contribution in [0.2, 0.25) is 5.02 Å². The highest BCUT2D eigenvalue weighted by molar-refractivity contribution is 7.89. The molecule has 0 radical (unpaired) electrons. The highest BCUT2D eigenvalue weighted by Gasteiger charge is 2.29. The van der Waals surface area contributed by atoms with E-state index in [1.807, 2.05) is 13.0 Å². The Morgan fingerprint density at radius 3 is 2.18 bits per heavy atom. The maximum absolute atomic E-state index is 12.9. The van der Waals surface area contributed by atoms with Gasteiger partial charge in [-0.25, -0.2) is 13.4 Å². The number of benzene rings is 1. The number of aromatic nitrogens is 2. The van der Waals surface area contributed by atoms with Crippen molar-refractivity contribution in [2.45, 2.75) is 24.7 Å². The lowest BCUT2D eigenvalue weighted by molar-refractivity contribution is 0.382. The predicted molar refractivity (Wildman–Crippen MR) is 111 cm³/mol. The molecule has 1 aromatic carbocycles. The Kier molecular flexibility index (Phi) is 5.44. The molecular formula is C19H24ClN5O2S.